The third-order valence-corrected chi connectivity index (χ3v) is 7.52. The number of nitrogens with one attached hydrogen (secondary N) is 1. The summed E-state index contributed by atoms with van der Waals surface area (Å²) in [5.41, 5.74) is 0.818. The van der Waals surface area contributed by atoms with E-state index >= 15 is 0 Å². The lowest BCUT2D eigenvalue weighted by molar-refractivity contribution is -0.147. The largest absolute Gasteiger partial charge is 0.481 e. The van der Waals surface area contributed by atoms with E-state index in [1.54, 1.807) is 6.20 Å². The maximum absolute atomic E-state index is 12.9. The Hall–Kier alpha value is -2.97. The smallest absolute Gasteiger partial charge is 0.306 e. The number of aliphatic carboxylic acids is 1. The van der Waals surface area contributed by atoms with Crippen molar-refractivity contribution < 1.29 is 24.3 Å². The van der Waals surface area contributed by atoms with E-state index in [0.717, 1.165) is 37.1 Å². The first-order valence-electron chi connectivity index (χ1n) is 11.9. The van der Waals surface area contributed by atoms with Gasteiger partial charge in [0.05, 0.1) is 11.8 Å². The lowest BCUT2D eigenvalue weighted by atomic mass is 9.84. The van der Waals surface area contributed by atoms with Crippen LogP contribution < -0.4 is 10.2 Å². The monoisotopic (exact) mass is 456 g/mol. The maximum atomic E-state index is 12.9. The van der Waals surface area contributed by atoms with E-state index in [4.69, 9.17) is 5.11 Å². The number of nitrogens with zero attached hydrogens (tertiary/aromatic N) is 3. The van der Waals surface area contributed by atoms with Gasteiger partial charge in [0.1, 0.15) is 5.82 Å². The molecule has 9 heteroatoms. The van der Waals surface area contributed by atoms with Crippen LogP contribution in [-0.2, 0) is 19.2 Å². The molecule has 2 aliphatic heterocycles. The molecular weight excluding hydrogens is 424 g/mol. The summed E-state index contributed by atoms with van der Waals surface area (Å²) < 4.78 is 0. The number of carboxylic acid groups (broad SMARTS) is 1. The second kappa shape index (κ2) is 9.89. The number of aromatic nitrogens is 1. The topological polar surface area (TPSA) is 120 Å². The molecule has 2 N–H and O–H groups in total. The average Bonchev–Trinajstić information content (AvgIpc) is 2.83. The zero-order valence-corrected chi connectivity index (χ0v) is 19.0. The molecule has 0 aromatic carbocycles. The summed E-state index contributed by atoms with van der Waals surface area (Å²) in [4.78, 5) is 56.1. The highest BCUT2D eigenvalue weighted by molar-refractivity contribution is 6.00. The number of hydrogen-bond acceptors (Lipinski definition) is 6. The SMILES string of the molecule is CN(c1ccc(C2CCC(=O)NC2=O)cn1)[C@H]1CC[C@H](C(=O)N2CCC(C(=O)O)CC2)CC1. The van der Waals surface area contributed by atoms with Gasteiger partial charge >= 0.3 is 5.97 Å². The van der Waals surface area contributed by atoms with E-state index in [0.29, 0.717) is 44.8 Å². The summed E-state index contributed by atoms with van der Waals surface area (Å²) in [5, 5.41) is 11.5. The number of piperidine rings is 2. The van der Waals surface area contributed by atoms with Gasteiger partial charge in [0.15, 0.2) is 0 Å². The molecule has 3 heterocycles. The molecule has 0 radical (unpaired) electrons. The zero-order valence-electron chi connectivity index (χ0n) is 19.0. The molecule has 1 aliphatic carbocycles. The van der Waals surface area contributed by atoms with Crippen LogP contribution in [0.2, 0.25) is 0 Å². The number of pyridine rings is 1. The van der Waals surface area contributed by atoms with Crippen LogP contribution >= 0.6 is 0 Å². The van der Waals surface area contributed by atoms with Crippen molar-refractivity contribution in [3.05, 3.63) is 23.9 Å². The number of carboxylic acids is 1. The van der Waals surface area contributed by atoms with E-state index in [1.807, 2.05) is 24.1 Å². The highest BCUT2D eigenvalue weighted by Gasteiger charge is 2.34. The summed E-state index contributed by atoms with van der Waals surface area (Å²) in [6.45, 7) is 1.08. The molecule has 1 unspecified atom stereocenters. The molecule has 0 bridgehead atoms. The van der Waals surface area contributed by atoms with Crippen molar-refractivity contribution >= 4 is 29.5 Å². The number of hydrogen-bond donors (Lipinski definition) is 2. The van der Waals surface area contributed by atoms with Crippen LogP contribution in [0.25, 0.3) is 0 Å². The number of rotatable bonds is 5. The molecule has 4 rings (SSSR count). The van der Waals surface area contributed by atoms with Gasteiger partial charge in [-0.3, -0.25) is 24.5 Å². The molecule has 33 heavy (non-hydrogen) atoms. The summed E-state index contributed by atoms with van der Waals surface area (Å²) in [5.74, 6) is -0.890. The fraction of sp³-hybridized carbons (Fsp3) is 0.625. The summed E-state index contributed by atoms with van der Waals surface area (Å²) in [6, 6.07) is 4.12. The fourth-order valence-electron chi connectivity index (χ4n) is 5.33. The molecule has 1 atom stereocenters. The molecule has 3 aliphatic rings. The van der Waals surface area contributed by atoms with E-state index in [2.05, 4.69) is 15.2 Å². The number of amides is 3. The Morgan fingerprint density at radius 2 is 1.73 bits per heavy atom. The summed E-state index contributed by atoms with van der Waals surface area (Å²) in [7, 11) is 2.01. The quantitative estimate of drug-likeness (QED) is 0.650. The van der Waals surface area contributed by atoms with Crippen LogP contribution in [-0.4, -0.2) is 64.9 Å². The first-order chi connectivity index (χ1) is 15.8. The van der Waals surface area contributed by atoms with Gasteiger partial charge in [-0.25, -0.2) is 4.98 Å². The van der Waals surface area contributed by atoms with E-state index < -0.39 is 5.97 Å². The van der Waals surface area contributed by atoms with Crippen molar-refractivity contribution in [2.45, 2.75) is 63.3 Å². The van der Waals surface area contributed by atoms with Crippen LogP contribution in [0.1, 0.15) is 62.8 Å². The zero-order chi connectivity index (χ0) is 23.5. The molecule has 2 saturated heterocycles. The summed E-state index contributed by atoms with van der Waals surface area (Å²) >= 11 is 0. The van der Waals surface area contributed by atoms with Gasteiger partial charge in [0.25, 0.3) is 0 Å². The van der Waals surface area contributed by atoms with E-state index in [-0.39, 0.29) is 35.5 Å². The standard InChI is InChI=1S/C24H32N4O5/c1-27(20-8-4-17(14-25-20)19-7-9-21(29)26-22(19)30)18-5-2-15(3-6-18)23(31)28-12-10-16(11-13-28)24(32)33/h4,8,14-16,18-19H,2-3,5-7,9-13H2,1H3,(H,32,33)(H,26,29,30)/t15-,18-,19?. The second-order valence-corrected chi connectivity index (χ2v) is 9.51. The molecule has 1 aromatic heterocycles. The molecule has 1 aromatic rings. The van der Waals surface area contributed by atoms with Crippen LogP contribution in [0, 0.1) is 11.8 Å². The predicted octanol–water partition coefficient (Wildman–Crippen LogP) is 1.92. The Bertz CT molecular complexity index is 902. The first kappa shape index (κ1) is 23.2. The molecule has 3 amide bonds. The van der Waals surface area contributed by atoms with Crippen molar-refractivity contribution in [3.63, 3.8) is 0 Å². The number of imide groups is 1. The van der Waals surface area contributed by atoms with Gasteiger partial charge in [-0.15, -0.1) is 0 Å². The highest BCUT2D eigenvalue weighted by Crippen LogP contribution is 2.32. The third kappa shape index (κ3) is 5.17. The van der Waals surface area contributed by atoms with Crippen molar-refractivity contribution in [3.8, 4) is 0 Å². The predicted molar refractivity (Wildman–Crippen MR) is 120 cm³/mol. The molecule has 178 valence electrons. The van der Waals surface area contributed by atoms with Crippen molar-refractivity contribution in [2.75, 3.05) is 25.0 Å². The lowest BCUT2D eigenvalue weighted by Gasteiger charge is -2.38. The Kier molecular flexibility index (Phi) is 6.95. The number of carbonyl (C=O) groups excluding carboxylic acids is 3. The molecule has 0 spiro atoms. The van der Waals surface area contributed by atoms with Crippen LogP contribution in [0.3, 0.4) is 0 Å². The molecule has 1 saturated carbocycles. The van der Waals surface area contributed by atoms with Gasteiger partial charge < -0.3 is 14.9 Å². The minimum atomic E-state index is -0.760. The Labute approximate surface area is 193 Å². The fourth-order valence-corrected chi connectivity index (χ4v) is 5.33. The van der Waals surface area contributed by atoms with Crippen LogP contribution in [0.4, 0.5) is 5.82 Å². The van der Waals surface area contributed by atoms with Crippen molar-refractivity contribution in [1.82, 2.24) is 15.2 Å². The van der Waals surface area contributed by atoms with Gasteiger partial charge in [0.2, 0.25) is 17.7 Å². The molecular formula is C24H32N4O5. The Morgan fingerprint density at radius 3 is 2.30 bits per heavy atom. The van der Waals surface area contributed by atoms with Crippen molar-refractivity contribution in [2.24, 2.45) is 11.8 Å². The third-order valence-electron chi connectivity index (χ3n) is 7.52. The lowest BCUT2D eigenvalue weighted by Crippen LogP contribution is -2.45. The molecule has 9 nitrogen and oxygen atoms in total. The van der Waals surface area contributed by atoms with Gasteiger partial charge in [-0.05, 0) is 56.6 Å². The van der Waals surface area contributed by atoms with Crippen LogP contribution in [0.5, 0.6) is 0 Å². The summed E-state index contributed by atoms with van der Waals surface area (Å²) in [6.07, 6.45) is 7.10. The highest BCUT2D eigenvalue weighted by atomic mass is 16.4. The Balaban J connectivity index is 1.28. The second-order valence-electron chi connectivity index (χ2n) is 9.51. The van der Waals surface area contributed by atoms with Gasteiger partial charge in [-0.2, -0.15) is 0 Å². The number of anilines is 1. The van der Waals surface area contributed by atoms with Gasteiger partial charge in [-0.1, -0.05) is 6.07 Å². The first-order valence-corrected chi connectivity index (χ1v) is 11.9. The minimum Gasteiger partial charge on any atom is -0.481 e. The molecule has 3 fully saturated rings. The number of carbonyl (C=O) groups is 4. The van der Waals surface area contributed by atoms with Crippen molar-refractivity contribution in [1.29, 1.82) is 0 Å². The normalized spacial score (nSPS) is 26.6. The number of likely N-dealkylation sites (tertiary alicyclic amines) is 1. The van der Waals surface area contributed by atoms with Crippen LogP contribution in [0.15, 0.2) is 18.3 Å². The van der Waals surface area contributed by atoms with E-state index in [1.165, 1.54) is 0 Å². The maximum Gasteiger partial charge on any atom is 0.306 e. The average molecular weight is 457 g/mol. The minimum absolute atomic E-state index is 0.0129. The van der Waals surface area contributed by atoms with Gasteiger partial charge in [0, 0.05) is 44.7 Å². The Morgan fingerprint density at radius 1 is 1.03 bits per heavy atom. The van der Waals surface area contributed by atoms with E-state index in [9.17, 15) is 19.2 Å².